The Morgan fingerprint density at radius 2 is 1.00 bits per heavy atom. The summed E-state index contributed by atoms with van der Waals surface area (Å²) in [5.74, 6) is 3.81. The van der Waals surface area contributed by atoms with Crippen molar-refractivity contribution < 1.29 is 0 Å². The second-order valence-electron chi connectivity index (χ2n) is 14.3. The largest absolute Gasteiger partial charge is 0.314 e. The SMILES string of the molecule is CC1NCCCC12CCCC(C1CNC(C)C3(CCC(C4CNC(C)C5(CCC5)C4)C3)C1)C2. The molecule has 9 atom stereocenters. The lowest BCUT2D eigenvalue weighted by atomic mass is 9.56. The highest BCUT2D eigenvalue weighted by Crippen LogP contribution is 2.59. The van der Waals surface area contributed by atoms with Crippen LogP contribution in [-0.2, 0) is 0 Å². The van der Waals surface area contributed by atoms with Crippen molar-refractivity contribution in [2.75, 3.05) is 19.6 Å². The van der Waals surface area contributed by atoms with Crippen LogP contribution in [0.15, 0.2) is 0 Å². The molecule has 9 unspecified atom stereocenters. The van der Waals surface area contributed by atoms with Gasteiger partial charge in [0.2, 0.25) is 0 Å². The number of rotatable bonds is 2. The van der Waals surface area contributed by atoms with Gasteiger partial charge in [0.25, 0.3) is 0 Å². The van der Waals surface area contributed by atoms with Gasteiger partial charge in [-0.1, -0.05) is 19.3 Å². The molecule has 3 aliphatic heterocycles. The fourth-order valence-electron chi connectivity index (χ4n) is 10.4. The highest BCUT2D eigenvalue weighted by Gasteiger charge is 2.53. The Hall–Kier alpha value is -0.120. The third kappa shape index (κ3) is 3.95. The second kappa shape index (κ2) is 8.77. The van der Waals surface area contributed by atoms with Crippen LogP contribution in [0.2, 0.25) is 0 Å². The molecular formula is C30H53N3. The van der Waals surface area contributed by atoms with E-state index >= 15 is 0 Å². The molecule has 0 radical (unpaired) electrons. The minimum Gasteiger partial charge on any atom is -0.314 e. The summed E-state index contributed by atoms with van der Waals surface area (Å²) in [6.45, 7) is 11.4. The van der Waals surface area contributed by atoms with Crippen LogP contribution in [0.5, 0.6) is 0 Å². The summed E-state index contributed by atoms with van der Waals surface area (Å²) in [6.07, 6.45) is 20.9. The summed E-state index contributed by atoms with van der Waals surface area (Å²) in [4.78, 5) is 0. The molecule has 6 fully saturated rings. The molecule has 3 aliphatic carbocycles. The second-order valence-corrected chi connectivity index (χ2v) is 14.3. The van der Waals surface area contributed by atoms with Crippen LogP contribution in [0.3, 0.4) is 0 Å². The van der Waals surface area contributed by atoms with E-state index in [4.69, 9.17) is 0 Å². The highest BCUT2D eigenvalue weighted by atomic mass is 15.0. The van der Waals surface area contributed by atoms with Crippen LogP contribution in [0.1, 0.15) is 111 Å². The Morgan fingerprint density at radius 1 is 0.485 bits per heavy atom. The molecule has 0 aromatic carbocycles. The van der Waals surface area contributed by atoms with Crippen molar-refractivity contribution >= 4 is 0 Å². The van der Waals surface area contributed by atoms with Crippen molar-refractivity contribution in [3.05, 3.63) is 0 Å². The molecule has 3 saturated carbocycles. The summed E-state index contributed by atoms with van der Waals surface area (Å²) in [7, 11) is 0. The predicted octanol–water partition coefficient (Wildman–Crippen LogP) is 5.89. The minimum atomic E-state index is 0.588. The quantitative estimate of drug-likeness (QED) is 0.486. The van der Waals surface area contributed by atoms with E-state index in [9.17, 15) is 0 Å². The monoisotopic (exact) mass is 455 g/mol. The number of piperidine rings is 3. The molecule has 3 heterocycles. The highest BCUT2D eigenvalue weighted by molar-refractivity contribution is 5.07. The molecule has 6 aliphatic rings. The Morgan fingerprint density at radius 3 is 1.67 bits per heavy atom. The van der Waals surface area contributed by atoms with Crippen LogP contribution in [0, 0.1) is 39.9 Å². The lowest BCUT2D eigenvalue weighted by Gasteiger charge is -2.54. The van der Waals surface area contributed by atoms with Gasteiger partial charge in [-0.25, -0.2) is 0 Å². The first-order chi connectivity index (χ1) is 15.9. The molecular weight excluding hydrogens is 402 g/mol. The smallest absolute Gasteiger partial charge is 0.00955 e. The summed E-state index contributed by atoms with van der Waals surface area (Å²) < 4.78 is 0. The van der Waals surface area contributed by atoms with Gasteiger partial charge in [0.1, 0.15) is 0 Å². The average Bonchev–Trinajstić information content (AvgIpc) is 3.22. The third-order valence-corrected chi connectivity index (χ3v) is 13.1. The number of hydrogen-bond acceptors (Lipinski definition) is 3. The van der Waals surface area contributed by atoms with E-state index in [-0.39, 0.29) is 0 Å². The van der Waals surface area contributed by atoms with Crippen LogP contribution in [-0.4, -0.2) is 37.8 Å². The maximum atomic E-state index is 4.10. The molecule has 0 amide bonds. The molecule has 3 saturated heterocycles. The third-order valence-electron chi connectivity index (χ3n) is 13.1. The first kappa shape index (κ1) is 23.3. The summed E-state index contributed by atoms with van der Waals surface area (Å²) in [6, 6.07) is 2.21. The van der Waals surface area contributed by atoms with Crippen LogP contribution < -0.4 is 16.0 Å². The fourth-order valence-corrected chi connectivity index (χ4v) is 10.4. The molecule has 188 valence electrons. The minimum absolute atomic E-state index is 0.588. The van der Waals surface area contributed by atoms with E-state index in [1.165, 1.54) is 110 Å². The van der Waals surface area contributed by atoms with E-state index in [0.29, 0.717) is 16.2 Å². The molecule has 3 nitrogen and oxygen atoms in total. The van der Waals surface area contributed by atoms with Crippen molar-refractivity contribution in [1.82, 2.24) is 16.0 Å². The van der Waals surface area contributed by atoms with Gasteiger partial charge in [0.15, 0.2) is 0 Å². The Balaban J connectivity index is 1.13. The van der Waals surface area contributed by atoms with Crippen molar-refractivity contribution in [3.63, 3.8) is 0 Å². The van der Waals surface area contributed by atoms with Crippen LogP contribution >= 0.6 is 0 Å². The van der Waals surface area contributed by atoms with Gasteiger partial charge in [-0.05, 0) is 151 Å². The lowest BCUT2D eigenvalue weighted by Crippen LogP contribution is -2.56. The van der Waals surface area contributed by atoms with Gasteiger partial charge < -0.3 is 16.0 Å². The summed E-state index contributed by atoms with van der Waals surface area (Å²) in [5, 5.41) is 11.9. The first-order valence-electron chi connectivity index (χ1n) is 15.1. The average molecular weight is 456 g/mol. The van der Waals surface area contributed by atoms with Gasteiger partial charge in [-0.15, -0.1) is 0 Å². The van der Waals surface area contributed by atoms with Crippen molar-refractivity contribution in [3.8, 4) is 0 Å². The maximum absolute atomic E-state index is 4.10. The molecule has 33 heavy (non-hydrogen) atoms. The van der Waals surface area contributed by atoms with Gasteiger partial charge in [0, 0.05) is 18.1 Å². The Labute approximate surface area is 204 Å². The summed E-state index contributed by atoms with van der Waals surface area (Å²) in [5.41, 5.74) is 1.86. The zero-order valence-corrected chi connectivity index (χ0v) is 22.1. The van der Waals surface area contributed by atoms with Crippen molar-refractivity contribution in [2.45, 2.75) is 129 Å². The summed E-state index contributed by atoms with van der Waals surface area (Å²) >= 11 is 0. The number of nitrogens with one attached hydrogen (secondary N) is 3. The zero-order valence-electron chi connectivity index (χ0n) is 22.1. The Kier molecular flexibility index (Phi) is 6.19. The van der Waals surface area contributed by atoms with Gasteiger partial charge in [-0.2, -0.15) is 0 Å². The van der Waals surface area contributed by atoms with E-state index in [0.717, 1.165) is 41.8 Å². The molecule has 0 aromatic rings. The topological polar surface area (TPSA) is 36.1 Å². The standard InChI is InChI=1S/C30H53N3/c1-21-28(12-6-14-31-21)9-4-7-24(15-28)27-18-30(23(3)33-20-27)13-8-25(16-30)26-17-29(10-5-11-29)22(2)32-19-26/h21-27,31-33H,4-20H2,1-3H3. The van der Waals surface area contributed by atoms with Crippen molar-refractivity contribution in [2.24, 2.45) is 39.9 Å². The van der Waals surface area contributed by atoms with Crippen molar-refractivity contribution in [1.29, 1.82) is 0 Å². The van der Waals surface area contributed by atoms with E-state index < -0.39 is 0 Å². The van der Waals surface area contributed by atoms with Gasteiger partial charge >= 0.3 is 0 Å². The molecule has 3 heteroatoms. The molecule has 0 aromatic heterocycles. The van der Waals surface area contributed by atoms with Gasteiger partial charge in [-0.3, -0.25) is 0 Å². The Bertz CT molecular complexity index is 699. The number of hydrogen-bond donors (Lipinski definition) is 3. The fraction of sp³-hybridized carbons (Fsp3) is 1.00. The molecule has 3 spiro atoms. The van der Waals surface area contributed by atoms with Crippen LogP contribution in [0.4, 0.5) is 0 Å². The van der Waals surface area contributed by atoms with E-state index in [1.807, 2.05) is 0 Å². The molecule has 6 rings (SSSR count). The lowest BCUT2D eigenvalue weighted by molar-refractivity contribution is -0.00596. The van der Waals surface area contributed by atoms with Gasteiger partial charge in [0.05, 0.1) is 0 Å². The molecule has 3 N–H and O–H groups in total. The molecule has 0 bridgehead atoms. The van der Waals surface area contributed by atoms with E-state index in [1.54, 1.807) is 0 Å². The predicted molar refractivity (Wildman–Crippen MR) is 138 cm³/mol. The maximum Gasteiger partial charge on any atom is 0.00955 e. The van der Waals surface area contributed by atoms with Crippen LogP contribution in [0.25, 0.3) is 0 Å². The first-order valence-corrected chi connectivity index (χ1v) is 15.1. The normalized spacial score (nSPS) is 52.3. The van der Waals surface area contributed by atoms with E-state index in [2.05, 4.69) is 36.7 Å². The zero-order chi connectivity index (χ0) is 22.7.